The molecule has 1 aliphatic carbocycles. The first kappa shape index (κ1) is 20.6. The number of hydrogen-bond donors (Lipinski definition) is 3. The molecule has 0 spiro atoms. The molecule has 3 unspecified atom stereocenters. The molecule has 0 saturated carbocycles. The van der Waals surface area contributed by atoms with Crippen molar-refractivity contribution in [3.63, 3.8) is 0 Å². The van der Waals surface area contributed by atoms with E-state index >= 15 is 0 Å². The van der Waals surface area contributed by atoms with Crippen molar-refractivity contribution in [1.29, 1.82) is 5.41 Å². The minimum Gasteiger partial charge on any atom is -0.404 e. The third-order valence-electron chi connectivity index (χ3n) is 3.64. The van der Waals surface area contributed by atoms with Gasteiger partial charge in [0.05, 0.1) is 17.7 Å². The van der Waals surface area contributed by atoms with Crippen LogP contribution in [0.1, 0.15) is 13.3 Å². The summed E-state index contributed by atoms with van der Waals surface area (Å²) in [4.78, 5) is 12.1. The van der Waals surface area contributed by atoms with E-state index in [0.29, 0.717) is 22.7 Å². The van der Waals surface area contributed by atoms with Gasteiger partial charge in [0.1, 0.15) is 5.71 Å². The number of methoxy groups -OCH3 is 1. The quantitative estimate of drug-likeness (QED) is 0.467. The van der Waals surface area contributed by atoms with Crippen LogP contribution in [0.4, 0.5) is 8.78 Å². The van der Waals surface area contributed by atoms with E-state index in [1.807, 2.05) is 0 Å². The highest BCUT2D eigenvalue weighted by Gasteiger charge is 2.32. The van der Waals surface area contributed by atoms with Crippen molar-refractivity contribution in [2.45, 2.75) is 31.9 Å². The van der Waals surface area contributed by atoms with E-state index in [9.17, 15) is 13.6 Å². The van der Waals surface area contributed by atoms with Gasteiger partial charge in [-0.05, 0) is 19.4 Å². The summed E-state index contributed by atoms with van der Waals surface area (Å²) in [5, 5.41) is 10.7. The second kappa shape index (κ2) is 9.15. The van der Waals surface area contributed by atoms with Crippen molar-refractivity contribution in [3.8, 4) is 0 Å². The van der Waals surface area contributed by atoms with Crippen LogP contribution in [0.25, 0.3) is 0 Å². The van der Waals surface area contributed by atoms with Gasteiger partial charge < -0.3 is 15.8 Å². The maximum Gasteiger partial charge on any atom is 0.280 e. The number of rotatable bonds is 7. The zero-order chi connectivity index (χ0) is 18.4. The van der Waals surface area contributed by atoms with Crippen molar-refractivity contribution in [3.05, 3.63) is 34.0 Å². The topological polar surface area (TPSA) is 88.2 Å². The summed E-state index contributed by atoms with van der Waals surface area (Å²) < 4.78 is 30.6. The van der Waals surface area contributed by atoms with Gasteiger partial charge in [-0.25, -0.2) is 8.78 Å². The van der Waals surface area contributed by atoms with E-state index in [1.165, 1.54) is 7.11 Å². The Balaban J connectivity index is 2.84. The zero-order valence-corrected chi connectivity index (χ0v) is 14.7. The lowest BCUT2D eigenvalue weighted by atomic mass is 9.90. The minimum atomic E-state index is -3.10. The first-order valence-electron chi connectivity index (χ1n) is 7.08. The molecule has 4 N–H and O–H groups in total. The molecule has 3 atom stereocenters. The van der Waals surface area contributed by atoms with Crippen molar-refractivity contribution >= 4 is 34.8 Å². The van der Waals surface area contributed by atoms with Gasteiger partial charge in [-0.3, -0.25) is 10.2 Å². The van der Waals surface area contributed by atoms with E-state index in [2.05, 4.69) is 5.32 Å². The van der Waals surface area contributed by atoms with Gasteiger partial charge in [-0.1, -0.05) is 29.3 Å². The molecule has 0 aromatic carbocycles. The van der Waals surface area contributed by atoms with Crippen molar-refractivity contribution < 1.29 is 18.3 Å². The maximum atomic E-state index is 12.6. The number of carbonyl (C=O) groups excluding carboxylic acids is 1. The van der Waals surface area contributed by atoms with Gasteiger partial charge in [0.15, 0.2) is 0 Å². The number of nitrogens with two attached hydrogens (primary N) is 1. The number of nitrogens with one attached hydrogen (secondary N) is 2. The summed E-state index contributed by atoms with van der Waals surface area (Å²) in [5.41, 5.74) is 3.48. The number of ether oxygens (including phenoxy) is 1. The Kier molecular flexibility index (Phi) is 7.86. The Morgan fingerprint density at radius 3 is 2.62 bits per heavy atom. The van der Waals surface area contributed by atoms with Gasteiger partial charge in [0.2, 0.25) is 0 Å². The smallest absolute Gasteiger partial charge is 0.280 e. The van der Waals surface area contributed by atoms with Crippen LogP contribution in [-0.2, 0) is 9.53 Å². The normalized spacial score (nSPS) is 21.0. The van der Waals surface area contributed by atoms with Gasteiger partial charge in [0, 0.05) is 29.3 Å². The molecule has 1 amide bonds. The van der Waals surface area contributed by atoms with Crippen LogP contribution in [0.15, 0.2) is 34.0 Å². The fraction of sp³-hybridized carbons (Fsp3) is 0.467. The van der Waals surface area contributed by atoms with E-state index in [-0.39, 0.29) is 5.92 Å². The van der Waals surface area contributed by atoms with Crippen LogP contribution in [0, 0.1) is 11.3 Å². The summed E-state index contributed by atoms with van der Waals surface area (Å²) in [7, 11) is 1.46. The van der Waals surface area contributed by atoms with Crippen LogP contribution in [0.2, 0.25) is 0 Å². The molecule has 1 aliphatic rings. The molecule has 24 heavy (non-hydrogen) atoms. The Bertz CT molecular complexity index is 591. The number of amides is 1. The summed E-state index contributed by atoms with van der Waals surface area (Å²) in [5.74, 6) is -1.11. The molecule has 0 bridgehead atoms. The van der Waals surface area contributed by atoms with E-state index in [4.69, 9.17) is 39.1 Å². The summed E-state index contributed by atoms with van der Waals surface area (Å²) in [6.45, 7) is 1.65. The Labute approximate surface area is 149 Å². The number of hydrogen-bond acceptors (Lipinski definition) is 4. The van der Waals surface area contributed by atoms with Crippen LogP contribution in [0.3, 0.4) is 0 Å². The Morgan fingerprint density at radius 1 is 1.54 bits per heavy atom. The van der Waals surface area contributed by atoms with Crippen LogP contribution < -0.4 is 11.1 Å². The van der Waals surface area contributed by atoms with Crippen molar-refractivity contribution in [2.75, 3.05) is 7.11 Å². The molecule has 5 nitrogen and oxygen atoms in total. The largest absolute Gasteiger partial charge is 0.404 e. The standard InChI is InChI=1S/C15H19Cl2F2N3O2/c1-7(22-15(23)10(6-20)12(21)14(18)19)13(24-2)9-4-3-8(16)5-11(9)17/h3,5-7,9,13-14,21H,4,20H2,1-2H3,(H,22,23)/b10-6+,21-12?. The molecule has 134 valence electrons. The molecule has 0 fully saturated rings. The number of halogens is 4. The SMILES string of the molecule is COC(C(C)NC(=O)/C(=C/N)C(=N)C(F)F)C1CC=C(Cl)C=C1Cl. The fourth-order valence-corrected chi connectivity index (χ4v) is 3.02. The Hall–Kier alpha value is -1.44. The fourth-order valence-electron chi connectivity index (χ4n) is 2.43. The molecular weight excluding hydrogens is 363 g/mol. The average Bonchev–Trinajstić information content (AvgIpc) is 2.50. The van der Waals surface area contributed by atoms with Gasteiger partial charge >= 0.3 is 0 Å². The first-order valence-corrected chi connectivity index (χ1v) is 7.83. The molecule has 0 aromatic rings. The summed E-state index contributed by atoms with van der Waals surface area (Å²) in [6.07, 6.45) is 0.958. The summed E-state index contributed by atoms with van der Waals surface area (Å²) in [6, 6.07) is -0.569. The lowest BCUT2D eigenvalue weighted by Crippen LogP contribution is -2.47. The second-order valence-electron chi connectivity index (χ2n) is 5.22. The lowest BCUT2D eigenvalue weighted by molar-refractivity contribution is -0.118. The molecule has 9 heteroatoms. The zero-order valence-electron chi connectivity index (χ0n) is 13.2. The maximum absolute atomic E-state index is 12.6. The number of carbonyl (C=O) groups is 1. The van der Waals surface area contributed by atoms with Crippen LogP contribution >= 0.6 is 23.2 Å². The first-order chi connectivity index (χ1) is 11.2. The minimum absolute atomic E-state index is 0.241. The van der Waals surface area contributed by atoms with Gasteiger partial charge in [0.25, 0.3) is 12.3 Å². The molecule has 0 heterocycles. The monoisotopic (exact) mass is 381 g/mol. The third-order valence-corrected chi connectivity index (χ3v) is 4.29. The highest BCUT2D eigenvalue weighted by atomic mass is 35.5. The molecule has 0 saturated heterocycles. The second-order valence-corrected chi connectivity index (χ2v) is 6.09. The third kappa shape index (κ3) is 5.03. The molecule has 0 aliphatic heterocycles. The molecule has 0 radical (unpaired) electrons. The van der Waals surface area contributed by atoms with E-state index in [1.54, 1.807) is 19.1 Å². The van der Waals surface area contributed by atoms with Crippen molar-refractivity contribution in [2.24, 2.45) is 11.7 Å². The highest BCUT2D eigenvalue weighted by Crippen LogP contribution is 2.33. The van der Waals surface area contributed by atoms with Crippen molar-refractivity contribution in [1.82, 2.24) is 5.32 Å². The molecule has 1 rings (SSSR count). The van der Waals surface area contributed by atoms with Gasteiger partial charge in [-0.2, -0.15) is 0 Å². The van der Waals surface area contributed by atoms with Gasteiger partial charge in [-0.15, -0.1) is 0 Å². The highest BCUT2D eigenvalue weighted by molar-refractivity contribution is 6.35. The predicted octanol–water partition coefficient (Wildman–Crippen LogP) is 2.90. The van der Waals surface area contributed by atoms with E-state index in [0.717, 1.165) is 0 Å². The predicted molar refractivity (Wildman–Crippen MR) is 90.4 cm³/mol. The Morgan fingerprint density at radius 2 is 2.17 bits per heavy atom. The van der Waals surface area contributed by atoms with Crippen LogP contribution in [-0.4, -0.2) is 37.3 Å². The molecule has 0 aromatic heterocycles. The number of alkyl halides is 2. The molecular formula is C15H19Cl2F2N3O2. The van der Waals surface area contributed by atoms with Crippen LogP contribution in [0.5, 0.6) is 0 Å². The number of allylic oxidation sites excluding steroid dienone is 3. The summed E-state index contributed by atoms with van der Waals surface area (Å²) >= 11 is 12.1. The average molecular weight is 382 g/mol. The lowest BCUT2D eigenvalue weighted by Gasteiger charge is -2.32. The van der Waals surface area contributed by atoms with E-state index < -0.39 is 35.8 Å².